The van der Waals surface area contributed by atoms with Crippen LogP contribution in [0.5, 0.6) is 11.5 Å². The highest BCUT2D eigenvalue weighted by molar-refractivity contribution is 7.12. The zero-order valence-electron chi connectivity index (χ0n) is 13.9. The molecule has 7 heteroatoms. The third-order valence-electron chi connectivity index (χ3n) is 3.48. The van der Waals surface area contributed by atoms with Gasteiger partial charge in [0.2, 0.25) is 0 Å². The van der Waals surface area contributed by atoms with Crippen molar-refractivity contribution in [1.29, 1.82) is 0 Å². The van der Waals surface area contributed by atoms with Gasteiger partial charge >= 0.3 is 5.97 Å². The van der Waals surface area contributed by atoms with Gasteiger partial charge in [-0.15, -0.1) is 11.3 Å². The van der Waals surface area contributed by atoms with Crippen molar-refractivity contribution in [3.8, 4) is 11.5 Å². The van der Waals surface area contributed by atoms with Crippen molar-refractivity contribution in [1.82, 2.24) is 5.32 Å². The highest BCUT2D eigenvalue weighted by atomic mass is 35.5. The lowest BCUT2D eigenvalue weighted by molar-refractivity contribution is -0.132. The lowest BCUT2D eigenvalue weighted by Crippen LogP contribution is -2.26. The second-order valence-electron chi connectivity index (χ2n) is 5.40. The lowest BCUT2D eigenvalue weighted by atomic mass is 10.2. The van der Waals surface area contributed by atoms with Crippen LogP contribution in [0.2, 0.25) is 5.02 Å². The fourth-order valence-corrected chi connectivity index (χ4v) is 2.99. The fraction of sp³-hybridized carbons (Fsp3) is 0. The summed E-state index contributed by atoms with van der Waals surface area (Å²) in [5, 5.41) is 14.0. The topological polar surface area (TPSA) is 75.6 Å². The molecule has 0 unspecified atom stereocenters. The van der Waals surface area contributed by atoms with Gasteiger partial charge in [0.1, 0.15) is 17.2 Å². The number of nitrogens with one attached hydrogen (secondary N) is 1. The van der Waals surface area contributed by atoms with Gasteiger partial charge in [-0.2, -0.15) is 0 Å². The van der Waals surface area contributed by atoms with Crippen molar-refractivity contribution in [3.05, 3.63) is 87.2 Å². The monoisotopic (exact) mass is 399 g/mol. The smallest absolute Gasteiger partial charge is 0.352 e. The number of para-hydroxylation sites is 1. The molecule has 0 spiro atoms. The minimum Gasteiger partial charge on any atom is -0.477 e. The first-order valence-corrected chi connectivity index (χ1v) is 9.11. The second kappa shape index (κ2) is 8.53. The van der Waals surface area contributed by atoms with Gasteiger partial charge in [-0.05, 0) is 47.4 Å². The zero-order valence-corrected chi connectivity index (χ0v) is 15.5. The molecule has 2 N–H and O–H groups in total. The van der Waals surface area contributed by atoms with Crippen LogP contribution in [0.15, 0.2) is 71.7 Å². The van der Waals surface area contributed by atoms with Crippen molar-refractivity contribution in [2.24, 2.45) is 0 Å². The molecule has 0 aliphatic rings. The number of carbonyl (C=O) groups excluding carboxylic acids is 1. The highest BCUT2D eigenvalue weighted by Gasteiger charge is 2.14. The van der Waals surface area contributed by atoms with E-state index in [1.807, 2.05) is 6.07 Å². The number of carboxylic acid groups (broad SMARTS) is 1. The molecular weight excluding hydrogens is 386 g/mol. The summed E-state index contributed by atoms with van der Waals surface area (Å²) in [5.74, 6) is -0.606. The maximum absolute atomic E-state index is 12.1. The molecule has 0 saturated heterocycles. The summed E-state index contributed by atoms with van der Waals surface area (Å²) in [6.45, 7) is 0. The van der Waals surface area contributed by atoms with E-state index in [4.69, 9.17) is 16.3 Å². The average molecular weight is 400 g/mol. The summed E-state index contributed by atoms with van der Waals surface area (Å²) in [7, 11) is 0. The van der Waals surface area contributed by atoms with Crippen LogP contribution < -0.4 is 10.1 Å². The standard InChI is InChI=1S/C20H14ClNO4S/c21-15-4-1-2-5-17(15)26-14-9-7-13(8-10-14)12-16(20(24)25)22-19(23)18-6-3-11-27-18/h1-12H,(H,22,23)(H,24,25)/b16-12-. The molecule has 3 rings (SSSR count). The van der Waals surface area contributed by atoms with E-state index in [1.54, 1.807) is 60.0 Å². The largest absolute Gasteiger partial charge is 0.477 e. The number of rotatable bonds is 6. The van der Waals surface area contributed by atoms with E-state index in [9.17, 15) is 14.7 Å². The van der Waals surface area contributed by atoms with Crippen molar-refractivity contribution in [3.63, 3.8) is 0 Å². The van der Waals surface area contributed by atoms with Gasteiger partial charge in [-0.1, -0.05) is 41.9 Å². The molecule has 1 aromatic heterocycles. The van der Waals surface area contributed by atoms with Crippen molar-refractivity contribution < 1.29 is 19.4 Å². The minimum absolute atomic E-state index is 0.215. The summed E-state index contributed by atoms with van der Waals surface area (Å²) < 4.78 is 5.69. The Labute approximate surface area is 164 Å². The van der Waals surface area contributed by atoms with Gasteiger partial charge < -0.3 is 15.2 Å². The van der Waals surface area contributed by atoms with Gasteiger partial charge in [0.15, 0.2) is 0 Å². The van der Waals surface area contributed by atoms with Crippen LogP contribution in [0.1, 0.15) is 15.2 Å². The molecular formula is C20H14ClNO4S. The van der Waals surface area contributed by atoms with E-state index in [0.717, 1.165) is 0 Å². The van der Waals surface area contributed by atoms with E-state index in [0.29, 0.717) is 27.0 Å². The Balaban J connectivity index is 1.75. The summed E-state index contributed by atoms with van der Waals surface area (Å²) in [5.41, 5.74) is 0.388. The van der Waals surface area contributed by atoms with Crippen LogP contribution in [-0.4, -0.2) is 17.0 Å². The van der Waals surface area contributed by atoms with Crippen LogP contribution in [0.3, 0.4) is 0 Å². The SMILES string of the molecule is O=C(O)/C(=C/c1ccc(Oc2ccccc2Cl)cc1)NC(=O)c1cccs1. The van der Waals surface area contributed by atoms with E-state index < -0.39 is 11.9 Å². The molecule has 3 aromatic rings. The molecule has 0 aliphatic carbocycles. The molecule has 0 aliphatic heterocycles. The zero-order chi connectivity index (χ0) is 19.2. The van der Waals surface area contributed by atoms with E-state index in [-0.39, 0.29) is 5.70 Å². The van der Waals surface area contributed by atoms with Crippen LogP contribution in [-0.2, 0) is 4.79 Å². The number of halogens is 1. The van der Waals surface area contributed by atoms with E-state index >= 15 is 0 Å². The Morgan fingerprint density at radius 3 is 2.41 bits per heavy atom. The van der Waals surface area contributed by atoms with Crippen molar-refractivity contribution in [2.45, 2.75) is 0 Å². The Morgan fingerprint density at radius 2 is 1.78 bits per heavy atom. The Bertz CT molecular complexity index is 981. The summed E-state index contributed by atoms with van der Waals surface area (Å²) in [4.78, 5) is 23.9. The lowest BCUT2D eigenvalue weighted by Gasteiger charge is -2.08. The first kappa shape index (κ1) is 18.7. The number of carbonyl (C=O) groups is 2. The van der Waals surface area contributed by atoms with Crippen LogP contribution in [0.4, 0.5) is 0 Å². The number of amides is 1. The third kappa shape index (κ3) is 4.97. The molecule has 5 nitrogen and oxygen atoms in total. The second-order valence-corrected chi connectivity index (χ2v) is 6.75. The Hall–Kier alpha value is -3.09. The van der Waals surface area contributed by atoms with E-state index in [1.165, 1.54) is 17.4 Å². The predicted molar refractivity (Wildman–Crippen MR) is 105 cm³/mol. The number of thiophene rings is 1. The third-order valence-corrected chi connectivity index (χ3v) is 4.66. The molecule has 136 valence electrons. The molecule has 1 amide bonds. The van der Waals surface area contributed by atoms with Crippen LogP contribution >= 0.6 is 22.9 Å². The number of benzene rings is 2. The molecule has 1 heterocycles. The van der Waals surface area contributed by atoms with Crippen molar-refractivity contribution in [2.75, 3.05) is 0 Å². The first-order chi connectivity index (χ1) is 13.0. The summed E-state index contributed by atoms with van der Waals surface area (Å²) in [6, 6.07) is 17.2. The maximum atomic E-state index is 12.1. The predicted octanol–water partition coefficient (Wildman–Crippen LogP) is 5.05. The number of hydrogen-bond acceptors (Lipinski definition) is 4. The van der Waals surface area contributed by atoms with Crippen LogP contribution in [0.25, 0.3) is 6.08 Å². The normalized spacial score (nSPS) is 11.1. The Kier molecular flexibility index (Phi) is 5.90. The van der Waals surface area contributed by atoms with Gasteiger partial charge in [0.05, 0.1) is 9.90 Å². The molecule has 0 bridgehead atoms. The van der Waals surface area contributed by atoms with Gasteiger partial charge in [-0.25, -0.2) is 4.79 Å². The molecule has 0 saturated carbocycles. The first-order valence-electron chi connectivity index (χ1n) is 7.85. The minimum atomic E-state index is -1.23. The molecule has 0 radical (unpaired) electrons. The van der Waals surface area contributed by atoms with E-state index in [2.05, 4.69) is 5.32 Å². The van der Waals surface area contributed by atoms with Gasteiger partial charge in [0.25, 0.3) is 5.91 Å². The van der Waals surface area contributed by atoms with Crippen LogP contribution in [0, 0.1) is 0 Å². The summed E-state index contributed by atoms with van der Waals surface area (Å²) >= 11 is 7.30. The van der Waals surface area contributed by atoms with Gasteiger partial charge in [0, 0.05) is 0 Å². The molecule has 27 heavy (non-hydrogen) atoms. The molecule has 0 fully saturated rings. The fourth-order valence-electron chi connectivity index (χ4n) is 2.20. The highest BCUT2D eigenvalue weighted by Crippen LogP contribution is 2.29. The number of aliphatic carboxylic acids is 1. The summed E-state index contributed by atoms with van der Waals surface area (Å²) in [6.07, 6.45) is 1.38. The average Bonchev–Trinajstić information content (AvgIpc) is 3.19. The number of ether oxygens (including phenoxy) is 1. The maximum Gasteiger partial charge on any atom is 0.352 e. The quantitative estimate of drug-likeness (QED) is 0.569. The molecule has 0 atom stereocenters. The molecule has 2 aromatic carbocycles. The number of hydrogen-bond donors (Lipinski definition) is 2. The Morgan fingerprint density at radius 1 is 1.04 bits per heavy atom. The number of carboxylic acids is 1. The van der Waals surface area contributed by atoms with Gasteiger partial charge in [-0.3, -0.25) is 4.79 Å². The van der Waals surface area contributed by atoms with Crippen molar-refractivity contribution >= 4 is 40.9 Å².